The van der Waals surface area contributed by atoms with E-state index in [1.54, 1.807) is 13.0 Å². The Hall–Kier alpha value is -2.91. The van der Waals surface area contributed by atoms with Crippen molar-refractivity contribution in [1.82, 2.24) is 9.55 Å². The minimum atomic E-state index is -3.63. The second-order valence-corrected chi connectivity index (χ2v) is 14.4. The number of hydrogen-bond acceptors (Lipinski definition) is 5. The van der Waals surface area contributed by atoms with Gasteiger partial charge in [0.1, 0.15) is 6.61 Å². The zero-order valence-corrected chi connectivity index (χ0v) is 19.1. The summed E-state index contributed by atoms with van der Waals surface area (Å²) in [7, 11) is -1.85. The van der Waals surface area contributed by atoms with Crippen LogP contribution in [-0.4, -0.2) is 28.7 Å². The lowest BCUT2D eigenvalue weighted by Crippen LogP contribution is -2.45. The van der Waals surface area contributed by atoms with Gasteiger partial charge in [0.05, 0.1) is 36.1 Å². The fourth-order valence-corrected chi connectivity index (χ4v) is 6.17. The summed E-state index contributed by atoms with van der Waals surface area (Å²) in [5.74, 6) is -0.894. The zero-order chi connectivity index (χ0) is 23.2. The molecule has 0 saturated heterocycles. The number of esters is 1. The number of fused-ring (bicyclic) bond motifs is 5. The number of hydrogen-bond donors (Lipinski definition) is 1. The summed E-state index contributed by atoms with van der Waals surface area (Å²) in [5.41, 5.74) is -3.05. The largest absolute Gasteiger partial charge is 0.458 e. The van der Waals surface area contributed by atoms with Crippen LogP contribution >= 0.6 is 0 Å². The van der Waals surface area contributed by atoms with E-state index in [2.05, 4.69) is 24.6 Å². The molecule has 2 aromatic heterocycles. The van der Waals surface area contributed by atoms with Gasteiger partial charge >= 0.3 is 12.0 Å². The van der Waals surface area contributed by atoms with Crippen LogP contribution in [0.4, 0.5) is 8.78 Å². The predicted molar refractivity (Wildman–Crippen MR) is 118 cm³/mol. The second-order valence-electron chi connectivity index (χ2n) is 9.41. The maximum atomic E-state index is 15.5. The number of pyridine rings is 2. The van der Waals surface area contributed by atoms with E-state index in [1.165, 1.54) is 12.1 Å². The molecule has 1 atom stereocenters. The van der Waals surface area contributed by atoms with Gasteiger partial charge in [-0.3, -0.25) is 4.79 Å². The number of alkyl halides is 2. The number of rotatable bonds is 2. The Labute approximate surface area is 183 Å². The Bertz CT molecular complexity index is 1390. The highest BCUT2D eigenvalue weighted by molar-refractivity contribution is 6.90. The number of benzene rings is 1. The van der Waals surface area contributed by atoms with Crippen molar-refractivity contribution in [1.29, 1.82) is 0 Å². The van der Waals surface area contributed by atoms with E-state index >= 15 is 8.78 Å². The molecule has 0 saturated carbocycles. The second kappa shape index (κ2) is 6.32. The van der Waals surface area contributed by atoms with Crippen LogP contribution in [0.25, 0.3) is 22.3 Å². The van der Waals surface area contributed by atoms with Crippen LogP contribution in [0.3, 0.4) is 0 Å². The molecule has 0 fully saturated rings. The molecule has 166 valence electrons. The maximum absolute atomic E-state index is 15.5. The van der Waals surface area contributed by atoms with Crippen LogP contribution in [0.1, 0.15) is 30.0 Å². The van der Waals surface area contributed by atoms with Gasteiger partial charge in [0, 0.05) is 10.9 Å². The molecular weight excluding hydrogens is 434 g/mol. The molecule has 32 heavy (non-hydrogen) atoms. The maximum Gasteiger partial charge on any atom is 0.361 e. The lowest BCUT2D eigenvalue weighted by atomic mass is 9.86. The third kappa shape index (κ3) is 2.55. The van der Waals surface area contributed by atoms with Gasteiger partial charge < -0.3 is 9.84 Å². The number of aromatic nitrogens is 2. The SMILES string of the molecule is CC[C@@]1(O)C(=O)OCc2c1cc1n(c2=O)C(F)(F)c2cc3cccc([Si](C)(C)C)c3nc2-1. The fraction of sp³-hybridized carbons (Fsp3) is 0.348. The summed E-state index contributed by atoms with van der Waals surface area (Å²) in [5, 5.41) is 12.5. The number of ether oxygens (including phenoxy) is 1. The van der Waals surface area contributed by atoms with Gasteiger partial charge in [-0.05, 0) is 23.7 Å². The summed E-state index contributed by atoms with van der Waals surface area (Å²) in [6.07, 6.45) is -0.0596. The van der Waals surface area contributed by atoms with Crippen molar-refractivity contribution in [2.75, 3.05) is 0 Å². The van der Waals surface area contributed by atoms with E-state index in [4.69, 9.17) is 4.74 Å². The summed E-state index contributed by atoms with van der Waals surface area (Å²) in [6, 6.07) is 4.60. The Kier molecular flexibility index (Phi) is 4.14. The topological polar surface area (TPSA) is 81.4 Å². The average Bonchev–Trinajstić information content (AvgIpc) is 2.95. The van der Waals surface area contributed by atoms with Crippen LogP contribution in [0, 0.1) is 0 Å². The quantitative estimate of drug-likeness (QED) is 0.473. The molecule has 0 spiro atoms. The standard InChI is InChI=1S/C23H22F2N2O4Si/c1-5-22(30)14-10-16-19-15(9-12-7-6-8-17(18(12)26-19)32(2,3)4)23(24,25)27(16)20(28)13(14)11-31-21(22)29/h6-10,30H,5,11H2,1-4H3/t22-/m0/s1. The molecule has 0 aliphatic carbocycles. The molecule has 0 radical (unpaired) electrons. The number of carbonyl (C=O) groups excluding carboxylic acids is 1. The zero-order valence-electron chi connectivity index (χ0n) is 18.1. The van der Waals surface area contributed by atoms with Gasteiger partial charge in [-0.15, -0.1) is 0 Å². The highest BCUT2D eigenvalue weighted by Crippen LogP contribution is 2.46. The number of halogens is 2. The van der Waals surface area contributed by atoms with Crippen LogP contribution < -0.4 is 10.7 Å². The fourth-order valence-electron chi connectivity index (χ4n) is 4.66. The molecule has 3 aromatic rings. The highest BCUT2D eigenvalue weighted by atomic mass is 28.3. The van der Waals surface area contributed by atoms with E-state index in [0.717, 1.165) is 5.19 Å². The van der Waals surface area contributed by atoms with Crippen LogP contribution in [-0.2, 0) is 27.8 Å². The minimum Gasteiger partial charge on any atom is -0.458 e. The number of nitrogens with zero attached hydrogens (tertiary/aromatic N) is 2. The lowest BCUT2D eigenvalue weighted by Gasteiger charge is -2.32. The normalized spacial score (nSPS) is 21.2. The van der Waals surface area contributed by atoms with Crippen LogP contribution in [0.2, 0.25) is 19.6 Å². The van der Waals surface area contributed by atoms with E-state index < -0.39 is 37.9 Å². The van der Waals surface area contributed by atoms with Gasteiger partial charge in [-0.1, -0.05) is 44.8 Å². The lowest BCUT2D eigenvalue weighted by molar-refractivity contribution is -0.172. The van der Waals surface area contributed by atoms with Crippen molar-refractivity contribution in [2.24, 2.45) is 0 Å². The van der Waals surface area contributed by atoms with Gasteiger partial charge in [0.15, 0.2) is 5.60 Å². The third-order valence-corrected chi connectivity index (χ3v) is 8.47. The van der Waals surface area contributed by atoms with E-state index in [9.17, 15) is 14.7 Å². The Morgan fingerprint density at radius 1 is 1.19 bits per heavy atom. The van der Waals surface area contributed by atoms with E-state index in [1.807, 2.05) is 12.1 Å². The highest BCUT2D eigenvalue weighted by Gasteiger charge is 2.51. The van der Waals surface area contributed by atoms with Crippen molar-refractivity contribution >= 4 is 30.1 Å². The Morgan fingerprint density at radius 2 is 1.91 bits per heavy atom. The molecule has 0 amide bonds. The molecule has 0 unspecified atom stereocenters. The molecule has 6 nitrogen and oxygen atoms in total. The predicted octanol–water partition coefficient (Wildman–Crippen LogP) is 3.17. The van der Waals surface area contributed by atoms with Crippen molar-refractivity contribution in [2.45, 2.75) is 51.2 Å². The van der Waals surface area contributed by atoms with Gasteiger partial charge in [0.25, 0.3) is 5.56 Å². The van der Waals surface area contributed by atoms with Crippen molar-refractivity contribution in [3.8, 4) is 11.4 Å². The monoisotopic (exact) mass is 456 g/mol. The first-order chi connectivity index (χ1) is 14.9. The van der Waals surface area contributed by atoms with Crippen LogP contribution in [0.15, 0.2) is 35.1 Å². The van der Waals surface area contributed by atoms with Crippen molar-refractivity contribution < 1.29 is 23.4 Å². The van der Waals surface area contributed by atoms with Crippen LogP contribution in [0.5, 0.6) is 0 Å². The first-order valence-electron chi connectivity index (χ1n) is 10.4. The number of aliphatic hydroxyl groups is 1. The smallest absolute Gasteiger partial charge is 0.361 e. The Morgan fingerprint density at radius 3 is 2.56 bits per heavy atom. The van der Waals surface area contributed by atoms with Crippen molar-refractivity contribution in [3.05, 3.63) is 57.4 Å². The summed E-state index contributed by atoms with van der Waals surface area (Å²) < 4.78 is 36.4. The van der Waals surface area contributed by atoms with Gasteiger partial charge in [-0.2, -0.15) is 8.78 Å². The molecule has 5 rings (SSSR count). The molecule has 2 aliphatic heterocycles. The number of cyclic esters (lactones) is 1. The number of para-hydroxylation sites is 1. The molecular formula is C23H22F2N2O4Si. The average molecular weight is 457 g/mol. The first kappa shape index (κ1) is 21.0. The van der Waals surface area contributed by atoms with Gasteiger partial charge in [-0.25, -0.2) is 14.3 Å². The first-order valence-corrected chi connectivity index (χ1v) is 13.9. The van der Waals surface area contributed by atoms with E-state index in [-0.39, 0.29) is 34.5 Å². The molecule has 2 aliphatic rings. The summed E-state index contributed by atoms with van der Waals surface area (Å²) >= 11 is 0. The Balaban J connectivity index is 1.89. The molecule has 1 aromatic carbocycles. The van der Waals surface area contributed by atoms with Gasteiger partial charge in [0.2, 0.25) is 0 Å². The third-order valence-electron chi connectivity index (χ3n) is 6.45. The summed E-state index contributed by atoms with van der Waals surface area (Å²) in [6.45, 7) is 7.54. The van der Waals surface area contributed by atoms with E-state index in [0.29, 0.717) is 15.5 Å². The van der Waals surface area contributed by atoms with Crippen molar-refractivity contribution in [3.63, 3.8) is 0 Å². The molecule has 0 bridgehead atoms. The molecule has 4 heterocycles. The summed E-state index contributed by atoms with van der Waals surface area (Å²) in [4.78, 5) is 30.1. The molecule has 1 N–H and O–H groups in total. The molecule has 9 heteroatoms. The minimum absolute atomic E-state index is 0.00880. The number of carbonyl (C=O) groups is 1.